The zero-order chi connectivity index (χ0) is 20.6. The fourth-order valence-corrected chi connectivity index (χ4v) is 3.48. The van der Waals surface area contributed by atoms with Gasteiger partial charge in [-0.2, -0.15) is 0 Å². The maximum atomic E-state index is 12.2. The highest BCUT2D eigenvalue weighted by molar-refractivity contribution is 5.92. The fourth-order valence-electron chi connectivity index (χ4n) is 3.48. The summed E-state index contributed by atoms with van der Waals surface area (Å²) in [7, 11) is 0. The van der Waals surface area contributed by atoms with Crippen LogP contribution in [-0.2, 0) is 4.79 Å². The van der Waals surface area contributed by atoms with Crippen LogP contribution in [0.25, 0.3) is 0 Å². The number of nitrogens with zero attached hydrogens (tertiary/aromatic N) is 1. The molecule has 0 aliphatic carbocycles. The molecule has 154 valence electrons. The van der Waals surface area contributed by atoms with Gasteiger partial charge in [0, 0.05) is 24.5 Å². The van der Waals surface area contributed by atoms with Crippen LogP contribution < -0.4 is 19.7 Å². The van der Waals surface area contributed by atoms with E-state index < -0.39 is 0 Å². The first kappa shape index (κ1) is 19.8. The van der Waals surface area contributed by atoms with Crippen molar-refractivity contribution in [2.75, 3.05) is 29.9 Å². The maximum absolute atomic E-state index is 12.2. The Morgan fingerprint density at radius 2 is 1.40 bits per heavy atom. The molecular weight excluding hydrogens is 376 g/mol. The van der Waals surface area contributed by atoms with E-state index >= 15 is 0 Å². The molecule has 0 spiro atoms. The van der Waals surface area contributed by atoms with E-state index in [4.69, 9.17) is 9.47 Å². The van der Waals surface area contributed by atoms with E-state index in [0.717, 1.165) is 24.5 Å². The highest BCUT2D eigenvalue weighted by Crippen LogP contribution is 2.24. The van der Waals surface area contributed by atoms with Crippen molar-refractivity contribution in [1.29, 1.82) is 0 Å². The minimum absolute atomic E-state index is 0.0488. The molecule has 1 amide bonds. The topological polar surface area (TPSA) is 50.8 Å². The van der Waals surface area contributed by atoms with Gasteiger partial charge in [-0.3, -0.25) is 4.79 Å². The van der Waals surface area contributed by atoms with E-state index in [1.54, 1.807) is 12.1 Å². The molecule has 1 aliphatic heterocycles. The molecule has 1 aliphatic rings. The van der Waals surface area contributed by atoms with Crippen LogP contribution in [-0.4, -0.2) is 25.6 Å². The van der Waals surface area contributed by atoms with Crippen LogP contribution in [0.15, 0.2) is 78.9 Å². The minimum Gasteiger partial charge on any atom is -0.484 e. The average molecular weight is 402 g/mol. The molecule has 1 N–H and O–H groups in total. The van der Waals surface area contributed by atoms with Crippen molar-refractivity contribution in [3.8, 4) is 17.2 Å². The first-order valence-electron chi connectivity index (χ1n) is 10.4. The van der Waals surface area contributed by atoms with Crippen molar-refractivity contribution in [3.63, 3.8) is 0 Å². The second-order valence-corrected chi connectivity index (χ2v) is 7.32. The third-order valence-electron chi connectivity index (χ3n) is 5.04. The van der Waals surface area contributed by atoms with Gasteiger partial charge in [0.05, 0.1) is 0 Å². The van der Waals surface area contributed by atoms with E-state index in [1.165, 1.54) is 24.9 Å². The summed E-state index contributed by atoms with van der Waals surface area (Å²) in [5.41, 5.74) is 1.98. The summed E-state index contributed by atoms with van der Waals surface area (Å²) >= 11 is 0. The summed E-state index contributed by atoms with van der Waals surface area (Å²) in [5, 5.41) is 2.88. The zero-order valence-corrected chi connectivity index (χ0v) is 16.9. The van der Waals surface area contributed by atoms with Crippen molar-refractivity contribution in [2.24, 2.45) is 0 Å². The number of hydrogen-bond donors (Lipinski definition) is 1. The number of nitrogens with one attached hydrogen (secondary N) is 1. The Kier molecular flexibility index (Phi) is 6.50. The first-order valence-corrected chi connectivity index (χ1v) is 10.4. The number of para-hydroxylation sites is 1. The molecule has 0 saturated carbocycles. The molecule has 3 aromatic carbocycles. The summed E-state index contributed by atoms with van der Waals surface area (Å²) in [6.07, 6.45) is 3.80. The Morgan fingerprint density at radius 3 is 2.10 bits per heavy atom. The van der Waals surface area contributed by atoms with Gasteiger partial charge < -0.3 is 19.7 Å². The smallest absolute Gasteiger partial charge is 0.262 e. The maximum Gasteiger partial charge on any atom is 0.262 e. The van der Waals surface area contributed by atoms with Gasteiger partial charge >= 0.3 is 0 Å². The number of hydrogen-bond acceptors (Lipinski definition) is 4. The van der Waals surface area contributed by atoms with Gasteiger partial charge in [0.1, 0.15) is 17.2 Å². The van der Waals surface area contributed by atoms with E-state index in [0.29, 0.717) is 11.5 Å². The molecule has 0 bridgehead atoms. The van der Waals surface area contributed by atoms with Crippen LogP contribution in [0.4, 0.5) is 11.4 Å². The average Bonchev–Trinajstić information content (AvgIpc) is 2.80. The molecule has 5 heteroatoms. The zero-order valence-electron chi connectivity index (χ0n) is 16.9. The lowest BCUT2D eigenvalue weighted by Gasteiger charge is -2.28. The van der Waals surface area contributed by atoms with Crippen molar-refractivity contribution in [3.05, 3.63) is 78.9 Å². The van der Waals surface area contributed by atoms with Crippen LogP contribution in [0, 0.1) is 0 Å². The molecule has 1 saturated heterocycles. The fraction of sp³-hybridized carbons (Fsp3) is 0.240. The Labute approximate surface area is 177 Å². The monoisotopic (exact) mass is 402 g/mol. The molecule has 0 unspecified atom stereocenters. The molecule has 1 heterocycles. The van der Waals surface area contributed by atoms with Gasteiger partial charge in [-0.25, -0.2) is 0 Å². The van der Waals surface area contributed by atoms with Crippen LogP contribution >= 0.6 is 0 Å². The molecule has 0 aromatic heterocycles. The number of carbonyl (C=O) groups is 1. The number of anilines is 2. The molecule has 5 nitrogen and oxygen atoms in total. The van der Waals surface area contributed by atoms with Crippen molar-refractivity contribution < 1.29 is 14.3 Å². The van der Waals surface area contributed by atoms with E-state index in [2.05, 4.69) is 22.3 Å². The van der Waals surface area contributed by atoms with Crippen LogP contribution in [0.5, 0.6) is 17.2 Å². The SMILES string of the molecule is O=C(COc1ccc(Oc2ccccc2)cc1)Nc1ccc(N2CCCCC2)cc1. The third kappa shape index (κ3) is 5.54. The number of piperidine rings is 1. The number of ether oxygens (including phenoxy) is 2. The molecule has 0 atom stereocenters. The Morgan fingerprint density at radius 1 is 0.767 bits per heavy atom. The van der Waals surface area contributed by atoms with Gasteiger partial charge in [-0.05, 0) is 79.9 Å². The molecule has 30 heavy (non-hydrogen) atoms. The quantitative estimate of drug-likeness (QED) is 0.568. The van der Waals surface area contributed by atoms with E-state index in [9.17, 15) is 4.79 Å². The second-order valence-electron chi connectivity index (χ2n) is 7.32. The lowest BCUT2D eigenvalue weighted by molar-refractivity contribution is -0.118. The predicted molar refractivity (Wildman–Crippen MR) is 120 cm³/mol. The van der Waals surface area contributed by atoms with Gasteiger partial charge in [0.2, 0.25) is 0 Å². The van der Waals surface area contributed by atoms with Gasteiger partial charge in [0.25, 0.3) is 5.91 Å². The summed E-state index contributed by atoms with van der Waals surface area (Å²) in [5.74, 6) is 1.92. The van der Waals surface area contributed by atoms with Crippen molar-refractivity contribution >= 4 is 17.3 Å². The normalized spacial score (nSPS) is 13.5. The summed E-state index contributed by atoms with van der Waals surface area (Å²) in [6, 6.07) is 24.8. The van der Waals surface area contributed by atoms with E-state index in [-0.39, 0.29) is 12.5 Å². The highest BCUT2D eigenvalue weighted by atomic mass is 16.5. The van der Waals surface area contributed by atoms with Crippen molar-refractivity contribution in [2.45, 2.75) is 19.3 Å². The molecule has 1 fully saturated rings. The van der Waals surface area contributed by atoms with Crippen LogP contribution in [0.3, 0.4) is 0 Å². The van der Waals surface area contributed by atoms with Gasteiger partial charge in [-0.1, -0.05) is 18.2 Å². The Hall–Kier alpha value is -3.47. The molecule has 3 aromatic rings. The summed E-state index contributed by atoms with van der Waals surface area (Å²) in [4.78, 5) is 14.6. The second kappa shape index (κ2) is 9.83. The number of carbonyl (C=O) groups excluding carboxylic acids is 1. The van der Waals surface area contributed by atoms with Crippen LogP contribution in [0.1, 0.15) is 19.3 Å². The standard InChI is InChI=1S/C25H26N2O3/c28-25(26-20-9-11-21(12-10-20)27-17-5-2-6-18-27)19-29-22-13-15-24(16-14-22)30-23-7-3-1-4-8-23/h1,3-4,7-16H,2,5-6,17-19H2,(H,26,28). The van der Waals surface area contributed by atoms with Crippen LogP contribution in [0.2, 0.25) is 0 Å². The highest BCUT2D eigenvalue weighted by Gasteiger charge is 2.11. The lowest BCUT2D eigenvalue weighted by atomic mass is 10.1. The third-order valence-corrected chi connectivity index (χ3v) is 5.04. The number of benzene rings is 3. The number of amides is 1. The molecular formula is C25H26N2O3. The predicted octanol–water partition coefficient (Wildman–Crippen LogP) is 5.49. The summed E-state index contributed by atoms with van der Waals surface area (Å²) < 4.78 is 11.3. The Bertz CT molecular complexity index is 934. The largest absolute Gasteiger partial charge is 0.484 e. The molecule has 0 radical (unpaired) electrons. The Balaban J connectivity index is 1.24. The first-order chi connectivity index (χ1) is 14.8. The van der Waals surface area contributed by atoms with Gasteiger partial charge in [0.15, 0.2) is 6.61 Å². The number of rotatable bonds is 7. The minimum atomic E-state index is -0.190. The van der Waals surface area contributed by atoms with Gasteiger partial charge in [-0.15, -0.1) is 0 Å². The summed E-state index contributed by atoms with van der Waals surface area (Å²) in [6.45, 7) is 2.16. The van der Waals surface area contributed by atoms with Crippen molar-refractivity contribution in [1.82, 2.24) is 0 Å². The van der Waals surface area contributed by atoms with E-state index in [1.807, 2.05) is 54.6 Å². The molecule has 4 rings (SSSR count). The lowest BCUT2D eigenvalue weighted by Crippen LogP contribution is -2.29.